The first-order valence-electron chi connectivity index (χ1n) is 7.89. The van der Waals surface area contributed by atoms with Crippen LogP contribution in [0.4, 0.5) is 4.79 Å². The lowest BCUT2D eigenvalue weighted by Gasteiger charge is -2.34. The van der Waals surface area contributed by atoms with Crippen molar-refractivity contribution >= 4 is 6.03 Å². The van der Waals surface area contributed by atoms with Crippen LogP contribution in [0.2, 0.25) is 0 Å². The van der Waals surface area contributed by atoms with Gasteiger partial charge in [0.15, 0.2) is 0 Å². The van der Waals surface area contributed by atoms with Gasteiger partial charge in [-0.3, -0.25) is 0 Å². The zero-order valence-electron chi connectivity index (χ0n) is 13.4. The van der Waals surface area contributed by atoms with Crippen molar-refractivity contribution in [3.8, 4) is 0 Å². The molecule has 1 heterocycles. The molecule has 0 bridgehead atoms. The number of nitrogens with zero attached hydrogens (tertiary/aromatic N) is 1. The highest BCUT2D eigenvalue weighted by Crippen LogP contribution is 2.21. The molecule has 22 heavy (non-hydrogen) atoms. The smallest absolute Gasteiger partial charge is 0.317 e. The number of aliphatic hydroxyl groups is 1. The molecule has 2 rings (SSSR count). The Kier molecular flexibility index (Phi) is 6.21. The number of amides is 2. The summed E-state index contributed by atoms with van der Waals surface area (Å²) in [5.41, 5.74) is 1.04. The minimum absolute atomic E-state index is 0.0602. The molecule has 2 N–H and O–H groups in total. The van der Waals surface area contributed by atoms with Gasteiger partial charge in [-0.1, -0.05) is 30.3 Å². The number of nitrogens with one attached hydrogen (secondary N) is 1. The van der Waals surface area contributed by atoms with Gasteiger partial charge in [-0.2, -0.15) is 0 Å². The monoisotopic (exact) mass is 306 g/mol. The van der Waals surface area contributed by atoms with Crippen molar-refractivity contribution in [3.05, 3.63) is 35.9 Å². The second-order valence-electron chi connectivity index (χ2n) is 5.93. The fraction of sp³-hybridized carbons (Fsp3) is 0.588. The van der Waals surface area contributed by atoms with Gasteiger partial charge in [-0.25, -0.2) is 4.79 Å². The molecule has 0 aliphatic carbocycles. The molecular weight excluding hydrogens is 280 g/mol. The molecule has 5 heteroatoms. The number of piperidine rings is 1. The highest BCUT2D eigenvalue weighted by molar-refractivity contribution is 5.74. The standard InChI is InChI=1S/C17H26N2O3/c1-13(20)14-8-10-19(11-9-14)17(21)18-16(12-22-2)15-6-4-3-5-7-15/h3-7,13-14,16,20H,8-12H2,1-2H3,(H,18,21). The second kappa shape index (κ2) is 8.15. The van der Waals surface area contributed by atoms with Gasteiger partial charge in [0.2, 0.25) is 0 Å². The van der Waals surface area contributed by atoms with Crippen LogP contribution in [0.25, 0.3) is 0 Å². The average Bonchev–Trinajstić information content (AvgIpc) is 2.55. The molecule has 0 saturated carbocycles. The van der Waals surface area contributed by atoms with Gasteiger partial charge in [0.05, 0.1) is 18.8 Å². The number of aliphatic hydroxyl groups excluding tert-OH is 1. The Balaban J connectivity index is 1.92. The number of carbonyl (C=O) groups excluding carboxylic acids is 1. The first kappa shape index (κ1) is 16.8. The number of likely N-dealkylation sites (tertiary alicyclic amines) is 1. The number of hydrogen-bond donors (Lipinski definition) is 2. The Morgan fingerprint density at radius 2 is 2.00 bits per heavy atom. The Morgan fingerprint density at radius 1 is 1.36 bits per heavy atom. The van der Waals surface area contributed by atoms with E-state index in [4.69, 9.17) is 4.74 Å². The van der Waals surface area contributed by atoms with Gasteiger partial charge in [0, 0.05) is 20.2 Å². The molecular formula is C17H26N2O3. The van der Waals surface area contributed by atoms with E-state index >= 15 is 0 Å². The van der Waals surface area contributed by atoms with Gasteiger partial charge in [0.1, 0.15) is 0 Å². The quantitative estimate of drug-likeness (QED) is 0.876. The molecule has 0 aromatic heterocycles. The molecule has 2 unspecified atom stereocenters. The molecule has 1 aliphatic heterocycles. The fourth-order valence-corrected chi connectivity index (χ4v) is 2.90. The lowest BCUT2D eigenvalue weighted by Crippen LogP contribution is -2.47. The van der Waals surface area contributed by atoms with Crippen LogP contribution in [0, 0.1) is 5.92 Å². The van der Waals surface area contributed by atoms with E-state index in [1.54, 1.807) is 7.11 Å². The van der Waals surface area contributed by atoms with Crippen molar-refractivity contribution < 1.29 is 14.6 Å². The lowest BCUT2D eigenvalue weighted by molar-refractivity contribution is 0.0781. The van der Waals surface area contributed by atoms with Crippen molar-refractivity contribution in [2.45, 2.75) is 31.9 Å². The molecule has 1 aromatic carbocycles. The Labute approximate surface area is 132 Å². The molecule has 5 nitrogen and oxygen atoms in total. The van der Waals surface area contributed by atoms with Crippen LogP contribution in [0.3, 0.4) is 0 Å². The van der Waals surface area contributed by atoms with Crippen LogP contribution >= 0.6 is 0 Å². The topological polar surface area (TPSA) is 61.8 Å². The predicted octanol–water partition coefficient (Wildman–Crippen LogP) is 2.18. The third kappa shape index (κ3) is 4.45. The van der Waals surface area contributed by atoms with E-state index in [9.17, 15) is 9.90 Å². The van der Waals surface area contributed by atoms with Crippen molar-refractivity contribution in [1.29, 1.82) is 0 Å². The lowest BCUT2D eigenvalue weighted by atomic mass is 9.92. The molecule has 1 fully saturated rings. The average molecular weight is 306 g/mol. The van der Waals surface area contributed by atoms with Gasteiger partial charge < -0.3 is 20.1 Å². The van der Waals surface area contributed by atoms with Crippen molar-refractivity contribution in [3.63, 3.8) is 0 Å². The van der Waals surface area contributed by atoms with Crippen molar-refractivity contribution in [2.24, 2.45) is 5.92 Å². The van der Waals surface area contributed by atoms with E-state index in [0.29, 0.717) is 25.6 Å². The third-order valence-electron chi connectivity index (χ3n) is 4.34. The Bertz CT molecular complexity index is 456. The zero-order chi connectivity index (χ0) is 15.9. The molecule has 0 radical (unpaired) electrons. The molecule has 0 spiro atoms. The first-order valence-corrected chi connectivity index (χ1v) is 7.89. The van der Waals surface area contributed by atoms with Crippen molar-refractivity contribution in [2.75, 3.05) is 26.8 Å². The summed E-state index contributed by atoms with van der Waals surface area (Å²) in [5.74, 6) is 0.299. The van der Waals surface area contributed by atoms with Gasteiger partial charge in [0.25, 0.3) is 0 Å². The van der Waals surface area contributed by atoms with E-state index in [-0.39, 0.29) is 18.2 Å². The third-order valence-corrected chi connectivity index (χ3v) is 4.34. The normalized spacial score (nSPS) is 18.8. The van der Waals surface area contributed by atoms with E-state index in [2.05, 4.69) is 5.32 Å². The minimum Gasteiger partial charge on any atom is -0.393 e. The van der Waals surface area contributed by atoms with Crippen LogP contribution in [-0.2, 0) is 4.74 Å². The summed E-state index contributed by atoms with van der Waals surface area (Å²) < 4.78 is 5.23. The number of benzene rings is 1. The van der Waals surface area contributed by atoms with E-state index in [1.807, 2.05) is 42.2 Å². The maximum Gasteiger partial charge on any atom is 0.317 e. The highest BCUT2D eigenvalue weighted by atomic mass is 16.5. The van der Waals surface area contributed by atoms with Gasteiger partial charge in [-0.15, -0.1) is 0 Å². The molecule has 2 amide bonds. The maximum absolute atomic E-state index is 12.4. The van der Waals surface area contributed by atoms with Crippen LogP contribution in [0.1, 0.15) is 31.4 Å². The van der Waals surface area contributed by atoms with Crippen LogP contribution < -0.4 is 5.32 Å². The summed E-state index contributed by atoms with van der Waals surface area (Å²) in [5, 5.41) is 12.7. The fourth-order valence-electron chi connectivity index (χ4n) is 2.90. The zero-order valence-corrected chi connectivity index (χ0v) is 13.4. The number of rotatable bonds is 5. The highest BCUT2D eigenvalue weighted by Gasteiger charge is 2.26. The maximum atomic E-state index is 12.4. The molecule has 1 aromatic rings. The SMILES string of the molecule is COCC(NC(=O)N1CCC(C(C)O)CC1)c1ccccc1. The minimum atomic E-state index is -0.296. The van der Waals surface area contributed by atoms with Crippen LogP contribution in [-0.4, -0.2) is 48.9 Å². The molecule has 2 atom stereocenters. The molecule has 122 valence electrons. The summed E-state index contributed by atoms with van der Waals surface area (Å²) >= 11 is 0. The van der Waals surface area contributed by atoms with Gasteiger partial charge in [-0.05, 0) is 31.2 Å². The number of hydrogen-bond acceptors (Lipinski definition) is 3. The summed E-state index contributed by atoms with van der Waals surface area (Å²) in [6.45, 7) is 3.65. The van der Waals surface area contributed by atoms with Crippen LogP contribution in [0.15, 0.2) is 30.3 Å². The number of urea groups is 1. The summed E-state index contributed by atoms with van der Waals surface area (Å²) in [6, 6.07) is 9.64. The van der Waals surface area contributed by atoms with E-state index in [1.165, 1.54) is 0 Å². The summed E-state index contributed by atoms with van der Waals surface area (Å²) in [6.07, 6.45) is 1.41. The summed E-state index contributed by atoms with van der Waals surface area (Å²) in [4.78, 5) is 14.3. The Hall–Kier alpha value is -1.59. The molecule has 1 aliphatic rings. The van der Waals surface area contributed by atoms with E-state index in [0.717, 1.165) is 18.4 Å². The number of carbonyl (C=O) groups is 1. The Morgan fingerprint density at radius 3 is 2.55 bits per heavy atom. The second-order valence-corrected chi connectivity index (χ2v) is 5.93. The summed E-state index contributed by atoms with van der Waals surface area (Å²) in [7, 11) is 1.64. The van der Waals surface area contributed by atoms with Crippen molar-refractivity contribution in [1.82, 2.24) is 10.2 Å². The van der Waals surface area contributed by atoms with Crippen LogP contribution in [0.5, 0.6) is 0 Å². The first-order chi connectivity index (χ1) is 10.6. The van der Waals surface area contributed by atoms with Gasteiger partial charge >= 0.3 is 6.03 Å². The molecule has 1 saturated heterocycles. The number of methoxy groups -OCH3 is 1. The number of ether oxygens (including phenoxy) is 1. The van der Waals surface area contributed by atoms with E-state index < -0.39 is 0 Å². The largest absolute Gasteiger partial charge is 0.393 e. The predicted molar refractivity (Wildman–Crippen MR) is 85.6 cm³/mol.